The molecule has 1 fully saturated rings. The van der Waals surface area contributed by atoms with Gasteiger partial charge in [-0.05, 0) is 31.2 Å². The molecular formula is C15H14F5N3. The van der Waals surface area contributed by atoms with Crippen LogP contribution in [-0.4, -0.2) is 29.2 Å². The quantitative estimate of drug-likeness (QED) is 0.825. The number of nitrogens with one attached hydrogen (secondary N) is 2. The first-order valence-corrected chi connectivity index (χ1v) is 7.13. The Balaban J connectivity index is 1.91. The van der Waals surface area contributed by atoms with Crippen molar-refractivity contribution in [1.29, 1.82) is 0 Å². The monoisotopic (exact) mass is 331 g/mol. The second-order valence-electron chi connectivity index (χ2n) is 5.49. The molecule has 1 aliphatic heterocycles. The number of aromatic nitrogens is 2. The maximum Gasteiger partial charge on any atom is 0.419 e. The minimum atomic E-state index is -4.78. The lowest BCUT2D eigenvalue weighted by molar-refractivity contribution is -0.139. The number of halogens is 5. The molecule has 8 heteroatoms. The fraction of sp³-hybridized carbons (Fsp3) is 0.400. The topological polar surface area (TPSA) is 40.7 Å². The number of aromatic amines is 1. The Hall–Kier alpha value is -1.96. The third kappa shape index (κ3) is 3.21. The first-order valence-electron chi connectivity index (χ1n) is 7.13. The number of hydrogen-bond donors (Lipinski definition) is 2. The van der Waals surface area contributed by atoms with Gasteiger partial charge in [-0.25, -0.2) is 13.8 Å². The van der Waals surface area contributed by atoms with Crippen LogP contribution in [0.3, 0.4) is 0 Å². The van der Waals surface area contributed by atoms with E-state index in [-0.39, 0.29) is 12.1 Å². The minimum Gasteiger partial charge on any atom is -0.342 e. The van der Waals surface area contributed by atoms with Gasteiger partial charge >= 0.3 is 6.18 Å². The van der Waals surface area contributed by atoms with Crippen LogP contribution < -0.4 is 5.32 Å². The highest BCUT2D eigenvalue weighted by Gasteiger charge is 2.34. The molecule has 0 aliphatic carbocycles. The van der Waals surface area contributed by atoms with Crippen LogP contribution in [0.2, 0.25) is 0 Å². The van der Waals surface area contributed by atoms with Crippen molar-refractivity contribution in [3.05, 3.63) is 41.6 Å². The Morgan fingerprint density at radius 1 is 1.22 bits per heavy atom. The molecule has 1 aromatic heterocycles. The number of rotatable bonds is 2. The van der Waals surface area contributed by atoms with Crippen LogP contribution in [0, 0.1) is 5.82 Å². The Bertz CT molecular complexity index is 695. The molecule has 2 atom stereocenters. The molecule has 0 spiro atoms. The highest BCUT2D eigenvalue weighted by Crippen LogP contribution is 2.34. The highest BCUT2D eigenvalue weighted by molar-refractivity contribution is 5.60. The first-order chi connectivity index (χ1) is 10.9. The van der Waals surface area contributed by atoms with Gasteiger partial charge in [-0.2, -0.15) is 13.2 Å². The number of nitrogens with zero attached hydrogens (tertiary/aromatic N) is 1. The van der Waals surface area contributed by atoms with Crippen LogP contribution >= 0.6 is 0 Å². The van der Waals surface area contributed by atoms with E-state index in [1.165, 1.54) is 12.3 Å². The molecule has 2 aromatic rings. The second-order valence-corrected chi connectivity index (χ2v) is 5.49. The largest absolute Gasteiger partial charge is 0.419 e. The average molecular weight is 331 g/mol. The van der Waals surface area contributed by atoms with Gasteiger partial charge in [0.2, 0.25) is 0 Å². The molecule has 2 heterocycles. The summed E-state index contributed by atoms with van der Waals surface area (Å²) in [4.78, 5) is 6.94. The average Bonchev–Trinajstić information content (AvgIpc) is 2.96. The van der Waals surface area contributed by atoms with Gasteiger partial charge in [0.25, 0.3) is 0 Å². The second kappa shape index (κ2) is 5.92. The Morgan fingerprint density at radius 2 is 2.00 bits per heavy atom. The molecule has 1 aromatic carbocycles. The molecular weight excluding hydrogens is 317 g/mol. The summed E-state index contributed by atoms with van der Waals surface area (Å²) < 4.78 is 65.5. The SMILES string of the molecule is Fc1ccc(-c2cnc([C@H]3CCNC[C@H]3F)[nH]2)cc1C(F)(F)F. The lowest BCUT2D eigenvalue weighted by Gasteiger charge is -2.24. The van der Waals surface area contributed by atoms with E-state index >= 15 is 0 Å². The Labute approximate surface area is 128 Å². The summed E-state index contributed by atoms with van der Waals surface area (Å²) in [5.41, 5.74) is -0.880. The van der Waals surface area contributed by atoms with Crippen LogP contribution in [0.4, 0.5) is 22.0 Å². The normalized spacial score (nSPS) is 22.3. The summed E-state index contributed by atoms with van der Waals surface area (Å²) in [6.07, 6.45) is -3.99. The number of H-pyrrole nitrogens is 1. The number of piperidine rings is 1. The highest BCUT2D eigenvalue weighted by atomic mass is 19.4. The molecule has 0 unspecified atom stereocenters. The van der Waals surface area contributed by atoms with Crippen molar-refractivity contribution in [3.8, 4) is 11.3 Å². The van der Waals surface area contributed by atoms with Crippen molar-refractivity contribution in [3.63, 3.8) is 0 Å². The third-order valence-corrected chi connectivity index (χ3v) is 3.94. The molecule has 1 aliphatic rings. The number of benzene rings is 1. The van der Waals surface area contributed by atoms with Crippen LogP contribution in [0.1, 0.15) is 23.7 Å². The molecule has 3 rings (SSSR count). The smallest absolute Gasteiger partial charge is 0.342 e. The summed E-state index contributed by atoms with van der Waals surface area (Å²) in [6, 6.07) is 2.72. The van der Waals surface area contributed by atoms with Crippen molar-refractivity contribution in [2.24, 2.45) is 0 Å². The molecule has 0 bridgehead atoms. The van der Waals surface area contributed by atoms with E-state index in [1.807, 2.05) is 0 Å². The first kappa shape index (κ1) is 15.9. The van der Waals surface area contributed by atoms with E-state index in [4.69, 9.17) is 0 Å². The maximum absolute atomic E-state index is 13.9. The predicted molar refractivity (Wildman–Crippen MR) is 74.1 cm³/mol. The lowest BCUT2D eigenvalue weighted by atomic mass is 9.95. The van der Waals surface area contributed by atoms with Gasteiger partial charge in [0.05, 0.1) is 23.4 Å². The fourth-order valence-electron chi connectivity index (χ4n) is 2.71. The van der Waals surface area contributed by atoms with Gasteiger partial charge in [0.1, 0.15) is 17.8 Å². The van der Waals surface area contributed by atoms with Gasteiger partial charge in [-0.15, -0.1) is 0 Å². The van der Waals surface area contributed by atoms with Gasteiger partial charge < -0.3 is 10.3 Å². The van der Waals surface area contributed by atoms with Crippen molar-refractivity contribution >= 4 is 0 Å². The predicted octanol–water partition coefficient (Wildman–Crippen LogP) is 3.65. The lowest BCUT2D eigenvalue weighted by Crippen LogP contribution is -2.37. The van der Waals surface area contributed by atoms with Crippen molar-refractivity contribution in [2.75, 3.05) is 13.1 Å². The van der Waals surface area contributed by atoms with Crippen molar-refractivity contribution < 1.29 is 22.0 Å². The standard InChI is InChI=1S/C15H14F5N3/c16-11-2-1-8(5-10(11)15(18,19)20)13-7-22-14(23-13)9-3-4-21-6-12(9)17/h1-2,5,7,9,12,21H,3-4,6H2,(H,22,23)/t9-,12+/m0/s1. The van der Waals surface area contributed by atoms with Gasteiger partial charge in [0.15, 0.2) is 0 Å². The molecule has 0 saturated carbocycles. The fourth-order valence-corrected chi connectivity index (χ4v) is 2.71. The summed E-state index contributed by atoms with van der Waals surface area (Å²) in [5.74, 6) is -1.36. The third-order valence-electron chi connectivity index (χ3n) is 3.94. The van der Waals surface area contributed by atoms with E-state index in [1.54, 1.807) is 0 Å². The Kier molecular flexibility index (Phi) is 4.09. The molecule has 0 amide bonds. The molecule has 0 radical (unpaired) electrons. The molecule has 3 nitrogen and oxygen atoms in total. The zero-order chi connectivity index (χ0) is 16.6. The van der Waals surface area contributed by atoms with Crippen LogP contribution in [0.15, 0.2) is 24.4 Å². The molecule has 23 heavy (non-hydrogen) atoms. The van der Waals surface area contributed by atoms with E-state index in [9.17, 15) is 22.0 Å². The minimum absolute atomic E-state index is 0.154. The Morgan fingerprint density at radius 3 is 2.70 bits per heavy atom. The van der Waals surface area contributed by atoms with E-state index in [0.717, 1.165) is 12.1 Å². The summed E-state index contributed by atoms with van der Waals surface area (Å²) in [5, 5.41) is 2.92. The van der Waals surface area contributed by atoms with Crippen LogP contribution in [-0.2, 0) is 6.18 Å². The van der Waals surface area contributed by atoms with Crippen LogP contribution in [0.5, 0.6) is 0 Å². The summed E-state index contributed by atoms with van der Waals surface area (Å²) >= 11 is 0. The number of imidazole rings is 1. The van der Waals surface area contributed by atoms with Gasteiger partial charge in [0, 0.05) is 12.1 Å². The van der Waals surface area contributed by atoms with Crippen molar-refractivity contribution in [2.45, 2.75) is 24.7 Å². The zero-order valence-corrected chi connectivity index (χ0v) is 11.9. The van der Waals surface area contributed by atoms with E-state index in [2.05, 4.69) is 15.3 Å². The van der Waals surface area contributed by atoms with Gasteiger partial charge in [-0.3, -0.25) is 0 Å². The van der Waals surface area contributed by atoms with Crippen molar-refractivity contribution in [1.82, 2.24) is 15.3 Å². The van der Waals surface area contributed by atoms with E-state index in [0.29, 0.717) is 24.5 Å². The summed E-state index contributed by atoms with van der Waals surface area (Å²) in [6.45, 7) is 0.866. The number of hydrogen-bond acceptors (Lipinski definition) is 2. The van der Waals surface area contributed by atoms with Gasteiger partial charge in [-0.1, -0.05) is 0 Å². The van der Waals surface area contributed by atoms with E-state index < -0.39 is 29.6 Å². The zero-order valence-electron chi connectivity index (χ0n) is 11.9. The maximum atomic E-state index is 13.9. The summed E-state index contributed by atoms with van der Waals surface area (Å²) in [7, 11) is 0. The molecule has 1 saturated heterocycles. The molecule has 2 N–H and O–H groups in total. The molecule has 124 valence electrons. The van der Waals surface area contributed by atoms with Crippen LogP contribution in [0.25, 0.3) is 11.3 Å². The number of alkyl halides is 4.